The van der Waals surface area contributed by atoms with E-state index in [1.807, 2.05) is 6.92 Å². The molecule has 0 radical (unpaired) electrons. The molecule has 0 aliphatic carbocycles. The summed E-state index contributed by atoms with van der Waals surface area (Å²) in [6.07, 6.45) is -4.18. The van der Waals surface area contributed by atoms with Crippen molar-refractivity contribution in [3.05, 3.63) is 29.6 Å². The Hall–Kier alpha value is -2.09. The van der Waals surface area contributed by atoms with Crippen molar-refractivity contribution in [2.75, 3.05) is 18.9 Å². The Morgan fingerprint density at radius 1 is 1.33 bits per heavy atom. The molecule has 0 aliphatic rings. The van der Waals surface area contributed by atoms with Gasteiger partial charge in [0, 0.05) is 17.7 Å². The van der Waals surface area contributed by atoms with Gasteiger partial charge in [-0.3, -0.25) is 0 Å². The van der Waals surface area contributed by atoms with Crippen LogP contribution in [0.2, 0.25) is 0 Å². The lowest BCUT2D eigenvalue weighted by Crippen LogP contribution is -2.18. The average Bonchev–Trinajstić information content (AvgIpc) is 2.82. The predicted molar refractivity (Wildman–Crippen MR) is 69.5 cm³/mol. The van der Waals surface area contributed by atoms with Gasteiger partial charge in [-0.15, -0.1) is 0 Å². The molecule has 0 saturated carbocycles. The third kappa shape index (κ3) is 4.45. The van der Waals surface area contributed by atoms with Crippen LogP contribution in [0.1, 0.15) is 11.4 Å². The highest BCUT2D eigenvalue weighted by molar-refractivity contribution is 5.62. The first-order chi connectivity index (χ1) is 9.85. The topological polar surface area (TPSA) is 74.2 Å². The number of hydrogen-bond donors (Lipinski definition) is 1. The number of alkyl halides is 3. The van der Waals surface area contributed by atoms with E-state index in [1.165, 1.54) is 0 Å². The Balaban J connectivity index is 1.95. The van der Waals surface area contributed by atoms with Crippen molar-refractivity contribution in [3.8, 4) is 11.5 Å². The number of nitrogen functional groups attached to an aromatic ring is 1. The third-order valence-electron chi connectivity index (χ3n) is 2.68. The molecule has 0 saturated heterocycles. The Bertz CT molecular complexity index is 611. The predicted octanol–water partition coefficient (Wildman–Crippen LogP) is 2.75. The van der Waals surface area contributed by atoms with Gasteiger partial charge in [0.05, 0.1) is 6.61 Å². The molecule has 0 unspecified atom stereocenters. The van der Waals surface area contributed by atoms with Crippen molar-refractivity contribution < 1.29 is 22.4 Å². The molecule has 21 heavy (non-hydrogen) atoms. The molecule has 0 aliphatic heterocycles. The summed E-state index contributed by atoms with van der Waals surface area (Å²) in [6.45, 7) is 0.440. The summed E-state index contributed by atoms with van der Waals surface area (Å²) in [7, 11) is 0. The van der Waals surface area contributed by atoms with Gasteiger partial charge in [-0.25, -0.2) is 0 Å². The highest BCUT2D eigenvalue weighted by Gasteiger charge is 2.27. The number of aryl methyl sites for hydroxylation is 1. The largest absolute Gasteiger partial charge is 0.411 e. The molecule has 0 spiro atoms. The molecular weight excluding hydrogens is 287 g/mol. The van der Waals surface area contributed by atoms with Crippen LogP contribution in [0.3, 0.4) is 0 Å². The Morgan fingerprint density at radius 3 is 2.76 bits per heavy atom. The summed E-state index contributed by atoms with van der Waals surface area (Å²) in [6, 6.07) is 5.23. The van der Waals surface area contributed by atoms with E-state index in [0.717, 1.165) is 11.1 Å². The molecular formula is C13H14F3N3O2. The second-order valence-corrected chi connectivity index (χ2v) is 4.51. The number of benzene rings is 1. The van der Waals surface area contributed by atoms with E-state index in [4.69, 9.17) is 10.3 Å². The first kappa shape index (κ1) is 15.3. The maximum Gasteiger partial charge on any atom is 0.411 e. The quantitative estimate of drug-likeness (QED) is 0.679. The van der Waals surface area contributed by atoms with Crippen molar-refractivity contribution >= 4 is 5.69 Å². The van der Waals surface area contributed by atoms with Gasteiger partial charge in [-0.05, 0) is 30.7 Å². The highest BCUT2D eigenvalue weighted by Crippen LogP contribution is 2.23. The first-order valence-corrected chi connectivity index (χ1v) is 6.19. The maximum atomic E-state index is 11.9. The van der Waals surface area contributed by atoms with E-state index in [2.05, 4.69) is 14.9 Å². The molecule has 2 N–H and O–H groups in total. The molecule has 1 heterocycles. The van der Waals surface area contributed by atoms with Gasteiger partial charge in [0.25, 0.3) is 5.89 Å². The number of aromatic nitrogens is 2. The molecule has 0 bridgehead atoms. The van der Waals surface area contributed by atoms with E-state index < -0.39 is 12.8 Å². The van der Waals surface area contributed by atoms with Crippen molar-refractivity contribution in [2.24, 2.45) is 0 Å². The van der Waals surface area contributed by atoms with Gasteiger partial charge < -0.3 is 15.0 Å². The second kappa shape index (κ2) is 6.13. The summed E-state index contributed by atoms with van der Waals surface area (Å²) in [5.41, 5.74) is 7.88. The summed E-state index contributed by atoms with van der Waals surface area (Å²) >= 11 is 0. The highest BCUT2D eigenvalue weighted by atomic mass is 19.4. The number of rotatable bonds is 5. The van der Waals surface area contributed by atoms with E-state index >= 15 is 0 Å². The van der Waals surface area contributed by atoms with E-state index in [0.29, 0.717) is 17.4 Å². The zero-order chi connectivity index (χ0) is 15.5. The molecule has 2 aromatic rings. The first-order valence-electron chi connectivity index (χ1n) is 6.19. The monoisotopic (exact) mass is 301 g/mol. The fourth-order valence-corrected chi connectivity index (χ4v) is 1.74. The van der Waals surface area contributed by atoms with Crippen molar-refractivity contribution in [1.29, 1.82) is 0 Å². The van der Waals surface area contributed by atoms with Crippen LogP contribution in [0.15, 0.2) is 22.7 Å². The zero-order valence-electron chi connectivity index (χ0n) is 11.3. The van der Waals surface area contributed by atoms with Crippen LogP contribution in [0.25, 0.3) is 11.5 Å². The van der Waals surface area contributed by atoms with Crippen LogP contribution in [-0.4, -0.2) is 29.5 Å². The van der Waals surface area contributed by atoms with Crippen LogP contribution in [0, 0.1) is 6.92 Å². The minimum Gasteiger partial charge on any atom is -0.399 e. The van der Waals surface area contributed by atoms with Gasteiger partial charge in [0.1, 0.15) is 6.61 Å². The lowest BCUT2D eigenvalue weighted by molar-refractivity contribution is -0.173. The van der Waals surface area contributed by atoms with Crippen molar-refractivity contribution in [2.45, 2.75) is 19.5 Å². The van der Waals surface area contributed by atoms with Crippen LogP contribution >= 0.6 is 0 Å². The van der Waals surface area contributed by atoms with Gasteiger partial charge in [-0.1, -0.05) is 5.16 Å². The minimum absolute atomic E-state index is 0.126. The van der Waals surface area contributed by atoms with Gasteiger partial charge in [0.2, 0.25) is 0 Å². The minimum atomic E-state index is -4.33. The van der Waals surface area contributed by atoms with Crippen LogP contribution in [-0.2, 0) is 11.2 Å². The zero-order valence-corrected chi connectivity index (χ0v) is 11.3. The number of hydrogen-bond acceptors (Lipinski definition) is 5. The number of anilines is 1. The summed E-state index contributed by atoms with van der Waals surface area (Å²) in [5, 5.41) is 3.71. The molecule has 0 fully saturated rings. The van der Waals surface area contributed by atoms with Crippen molar-refractivity contribution in [3.63, 3.8) is 0 Å². The molecule has 1 aromatic carbocycles. The molecule has 5 nitrogen and oxygen atoms in total. The standard InChI is InChI=1S/C13H14F3N3O2/c1-8-6-9(17)2-3-10(8)12-18-11(19-21-12)4-5-20-7-13(14,15)16/h2-3,6H,4-5,7,17H2,1H3. The lowest BCUT2D eigenvalue weighted by atomic mass is 10.1. The third-order valence-corrected chi connectivity index (χ3v) is 2.68. The van der Waals surface area contributed by atoms with Crippen LogP contribution in [0.5, 0.6) is 0 Å². The molecule has 0 atom stereocenters. The molecule has 2 rings (SSSR count). The Labute approximate surface area is 118 Å². The summed E-state index contributed by atoms with van der Waals surface area (Å²) < 4.78 is 45.3. The smallest absolute Gasteiger partial charge is 0.399 e. The maximum absolute atomic E-state index is 11.9. The molecule has 114 valence electrons. The summed E-state index contributed by atoms with van der Waals surface area (Å²) in [5.74, 6) is 0.599. The Morgan fingerprint density at radius 2 is 2.10 bits per heavy atom. The van der Waals surface area contributed by atoms with Crippen molar-refractivity contribution in [1.82, 2.24) is 10.1 Å². The number of ether oxygens (including phenoxy) is 1. The SMILES string of the molecule is Cc1cc(N)ccc1-c1nc(CCOCC(F)(F)F)no1. The normalized spacial score (nSPS) is 11.8. The average molecular weight is 301 g/mol. The number of nitrogens with two attached hydrogens (primary N) is 1. The summed E-state index contributed by atoms with van der Waals surface area (Å²) in [4.78, 5) is 4.13. The van der Waals surface area contributed by atoms with Gasteiger partial charge in [-0.2, -0.15) is 18.2 Å². The number of halogens is 3. The van der Waals surface area contributed by atoms with E-state index in [1.54, 1.807) is 18.2 Å². The fraction of sp³-hybridized carbons (Fsp3) is 0.385. The molecule has 1 aromatic heterocycles. The number of nitrogens with zero attached hydrogens (tertiary/aromatic N) is 2. The van der Waals surface area contributed by atoms with Gasteiger partial charge >= 0.3 is 6.18 Å². The molecule has 0 amide bonds. The van der Waals surface area contributed by atoms with Gasteiger partial charge in [0.15, 0.2) is 5.82 Å². The van der Waals surface area contributed by atoms with E-state index in [-0.39, 0.29) is 13.0 Å². The second-order valence-electron chi connectivity index (χ2n) is 4.51. The lowest BCUT2D eigenvalue weighted by Gasteiger charge is -2.05. The van der Waals surface area contributed by atoms with E-state index in [9.17, 15) is 13.2 Å². The van der Waals surface area contributed by atoms with Crippen LogP contribution in [0.4, 0.5) is 18.9 Å². The molecule has 8 heteroatoms. The Kier molecular flexibility index (Phi) is 4.46. The van der Waals surface area contributed by atoms with Crippen LogP contribution < -0.4 is 5.73 Å². The fourth-order valence-electron chi connectivity index (χ4n) is 1.74.